The number of carbonyl (C=O) groups excluding carboxylic acids is 1. The fourth-order valence-electron chi connectivity index (χ4n) is 2.68. The summed E-state index contributed by atoms with van der Waals surface area (Å²) in [6.45, 7) is 2.79. The molecule has 0 spiro atoms. The molecule has 0 unspecified atom stereocenters. The van der Waals surface area contributed by atoms with Gasteiger partial charge < -0.3 is 4.90 Å². The molecule has 21 heavy (non-hydrogen) atoms. The van der Waals surface area contributed by atoms with Crippen molar-refractivity contribution in [1.29, 1.82) is 0 Å². The SMILES string of the molecule is Cc1nn(CC(=O)N2CC(CC(F)F)C2)c2ncccc12. The van der Waals surface area contributed by atoms with Crippen molar-refractivity contribution in [3.63, 3.8) is 0 Å². The van der Waals surface area contributed by atoms with Crippen molar-refractivity contribution >= 4 is 16.9 Å². The number of amides is 1. The monoisotopic (exact) mass is 294 g/mol. The lowest BCUT2D eigenvalue weighted by atomic mass is 9.96. The average molecular weight is 294 g/mol. The first-order valence-electron chi connectivity index (χ1n) is 6.88. The number of hydrogen-bond donors (Lipinski definition) is 0. The van der Waals surface area contributed by atoms with Gasteiger partial charge in [0.15, 0.2) is 5.65 Å². The van der Waals surface area contributed by atoms with Gasteiger partial charge >= 0.3 is 0 Å². The molecule has 3 heterocycles. The summed E-state index contributed by atoms with van der Waals surface area (Å²) in [5, 5.41) is 5.25. The highest BCUT2D eigenvalue weighted by Gasteiger charge is 2.32. The number of likely N-dealkylation sites (tertiary alicyclic amines) is 1. The minimum absolute atomic E-state index is 0.0804. The number of nitrogens with zero attached hydrogens (tertiary/aromatic N) is 4. The standard InChI is InChI=1S/C14H16F2N4O/c1-9-11-3-2-4-17-14(11)20(18-9)8-13(21)19-6-10(7-19)5-12(15)16/h2-4,10,12H,5-8H2,1H3. The van der Waals surface area contributed by atoms with Gasteiger partial charge in [-0.25, -0.2) is 18.4 Å². The first-order chi connectivity index (χ1) is 10.0. The maximum absolute atomic E-state index is 12.2. The second kappa shape index (κ2) is 5.38. The summed E-state index contributed by atoms with van der Waals surface area (Å²) in [4.78, 5) is 18.0. The lowest BCUT2D eigenvalue weighted by molar-refractivity contribution is -0.139. The van der Waals surface area contributed by atoms with Gasteiger partial charge in [-0.3, -0.25) is 4.79 Å². The van der Waals surface area contributed by atoms with Gasteiger partial charge in [-0.15, -0.1) is 0 Å². The van der Waals surface area contributed by atoms with E-state index in [0.717, 1.165) is 11.1 Å². The highest BCUT2D eigenvalue weighted by molar-refractivity contribution is 5.81. The lowest BCUT2D eigenvalue weighted by Gasteiger charge is -2.39. The molecule has 3 rings (SSSR count). The number of carbonyl (C=O) groups is 1. The van der Waals surface area contributed by atoms with Crippen molar-refractivity contribution < 1.29 is 13.6 Å². The summed E-state index contributed by atoms with van der Waals surface area (Å²) < 4.78 is 26.0. The van der Waals surface area contributed by atoms with Crippen molar-refractivity contribution in [2.24, 2.45) is 5.92 Å². The fourth-order valence-corrected chi connectivity index (χ4v) is 2.68. The molecule has 0 atom stereocenters. The van der Waals surface area contributed by atoms with Crippen LogP contribution in [-0.4, -0.2) is 45.1 Å². The van der Waals surface area contributed by atoms with Crippen LogP contribution in [0.15, 0.2) is 18.3 Å². The van der Waals surface area contributed by atoms with Gasteiger partial charge in [0.2, 0.25) is 12.3 Å². The first kappa shape index (κ1) is 13.9. The normalized spacial score (nSPS) is 15.7. The number of fused-ring (bicyclic) bond motifs is 1. The van der Waals surface area contributed by atoms with E-state index in [0.29, 0.717) is 18.7 Å². The highest BCUT2D eigenvalue weighted by atomic mass is 19.3. The number of rotatable bonds is 4. The maximum Gasteiger partial charge on any atom is 0.244 e. The van der Waals surface area contributed by atoms with Gasteiger partial charge in [0.1, 0.15) is 6.54 Å². The van der Waals surface area contributed by atoms with E-state index >= 15 is 0 Å². The number of hydrogen-bond acceptors (Lipinski definition) is 3. The van der Waals surface area contributed by atoms with Crippen LogP contribution in [0.1, 0.15) is 12.1 Å². The minimum atomic E-state index is -2.30. The van der Waals surface area contributed by atoms with Crippen LogP contribution in [-0.2, 0) is 11.3 Å². The number of aromatic nitrogens is 3. The van der Waals surface area contributed by atoms with Gasteiger partial charge in [-0.05, 0) is 25.0 Å². The van der Waals surface area contributed by atoms with Gasteiger partial charge in [0.05, 0.1) is 5.69 Å². The Balaban J connectivity index is 1.65. The molecule has 1 saturated heterocycles. The number of alkyl halides is 2. The molecule has 7 heteroatoms. The van der Waals surface area contributed by atoms with Crippen molar-refractivity contribution in [2.75, 3.05) is 13.1 Å². The van der Waals surface area contributed by atoms with E-state index < -0.39 is 6.43 Å². The van der Waals surface area contributed by atoms with Gasteiger partial charge in [-0.2, -0.15) is 5.10 Å². The van der Waals surface area contributed by atoms with E-state index in [1.54, 1.807) is 15.8 Å². The Morgan fingerprint density at radius 3 is 2.95 bits per heavy atom. The van der Waals surface area contributed by atoms with Crippen molar-refractivity contribution in [2.45, 2.75) is 26.3 Å². The van der Waals surface area contributed by atoms with Crippen molar-refractivity contribution in [3.05, 3.63) is 24.0 Å². The maximum atomic E-state index is 12.2. The van der Waals surface area contributed by atoms with Crippen LogP contribution >= 0.6 is 0 Å². The van der Waals surface area contributed by atoms with Crippen LogP contribution in [0.5, 0.6) is 0 Å². The Labute approximate surface area is 120 Å². The molecular weight excluding hydrogens is 278 g/mol. The first-order valence-corrected chi connectivity index (χ1v) is 6.88. The number of halogens is 2. The van der Waals surface area contributed by atoms with Crippen LogP contribution < -0.4 is 0 Å². The van der Waals surface area contributed by atoms with Gasteiger partial charge in [0, 0.05) is 31.1 Å². The highest BCUT2D eigenvalue weighted by Crippen LogP contribution is 2.23. The molecule has 112 valence electrons. The Bertz CT molecular complexity index is 664. The zero-order chi connectivity index (χ0) is 15.0. The van der Waals surface area contributed by atoms with Crippen molar-refractivity contribution in [3.8, 4) is 0 Å². The molecule has 0 saturated carbocycles. The lowest BCUT2D eigenvalue weighted by Crippen LogP contribution is -2.51. The smallest absolute Gasteiger partial charge is 0.244 e. The second-order valence-electron chi connectivity index (χ2n) is 5.41. The third-order valence-electron chi connectivity index (χ3n) is 3.80. The summed E-state index contributed by atoms with van der Waals surface area (Å²) in [6.07, 6.45) is -0.767. The summed E-state index contributed by atoms with van der Waals surface area (Å²) in [6, 6.07) is 3.74. The molecule has 0 N–H and O–H groups in total. The quantitative estimate of drug-likeness (QED) is 0.865. The van der Waals surface area contributed by atoms with E-state index in [4.69, 9.17) is 0 Å². The molecule has 1 fully saturated rings. The molecule has 0 bridgehead atoms. The largest absolute Gasteiger partial charge is 0.340 e. The zero-order valence-electron chi connectivity index (χ0n) is 11.7. The van der Waals surface area contributed by atoms with Crippen LogP contribution in [0.2, 0.25) is 0 Å². The summed E-state index contributed by atoms with van der Waals surface area (Å²) >= 11 is 0. The van der Waals surface area contributed by atoms with E-state index in [9.17, 15) is 13.6 Å². The van der Waals surface area contributed by atoms with E-state index in [1.165, 1.54) is 0 Å². The van der Waals surface area contributed by atoms with Crippen LogP contribution in [0.25, 0.3) is 11.0 Å². The van der Waals surface area contributed by atoms with E-state index in [-0.39, 0.29) is 24.8 Å². The zero-order valence-corrected chi connectivity index (χ0v) is 11.7. The molecule has 0 aliphatic carbocycles. The number of pyridine rings is 1. The molecule has 1 amide bonds. The van der Waals surface area contributed by atoms with E-state index in [1.807, 2.05) is 19.1 Å². The Hall–Kier alpha value is -2.05. The predicted molar refractivity (Wildman–Crippen MR) is 73.0 cm³/mol. The molecule has 2 aromatic heterocycles. The van der Waals surface area contributed by atoms with Crippen LogP contribution in [0.4, 0.5) is 8.78 Å². The predicted octanol–water partition coefficient (Wildman–Crippen LogP) is 1.85. The molecule has 2 aromatic rings. The molecule has 0 radical (unpaired) electrons. The van der Waals surface area contributed by atoms with Crippen LogP contribution in [0, 0.1) is 12.8 Å². The summed E-state index contributed by atoms with van der Waals surface area (Å²) in [5.74, 6) is -0.182. The van der Waals surface area contributed by atoms with Crippen LogP contribution in [0.3, 0.4) is 0 Å². The molecule has 1 aliphatic heterocycles. The average Bonchev–Trinajstić information content (AvgIpc) is 2.70. The van der Waals surface area contributed by atoms with Crippen molar-refractivity contribution in [1.82, 2.24) is 19.7 Å². The minimum Gasteiger partial charge on any atom is -0.340 e. The number of aryl methyl sites for hydroxylation is 1. The Kier molecular flexibility index (Phi) is 3.57. The van der Waals surface area contributed by atoms with E-state index in [2.05, 4.69) is 10.1 Å². The topological polar surface area (TPSA) is 51.0 Å². The summed E-state index contributed by atoms with van der Waals surface area (Å²) in [5.41, 5.74) is 1.50. The molecule has 0 aromatic carbocycles. The third kappa shape index (κ3) is 2.72. The second-order valence-corrected chi connectivity index (χ2v) is 5.41. The molecule has 1 aliphatic rings. The van der Waals surface area contributed by atoms with Gasteiger partial charge in [0.25, 0.3) is 0 Å². The Morgan fingerprint density at radius 2 is 2.24 bits per heavy atom. The molecular formula is C14H16F2N4O. The summed E-state index contributed by atoms with van der Waals surface area (Å²) in [7, 11) is 0. The van der Waals surface area contributed by atoms with Gasteiger partial charge in [-0.1, -0.05) is 0 Å². The molecule has 5 nitrogen and oxygen atoms in total. The fraction of sp³-hybridized carbons (Fsp3) is 0.500. The third-order valence-corrected chi connectivity index (χ3v) is 3.80. The Morgan fingerprint density at radius 1 is 1.48 bits per heavy atom.